The molecule has 3 atom stereocenters. The molecule has 0 aliphatic carbocycles. The Hall–Kier alpha value is -1.78. The Morgan fingerprint density at radius 3 is 2.83 bits per heavy atom. The number of sulfonamides is 1. The molecule has 24 heavy (non-hydrogen) atoms. The van der Waals surface area contributed by atoms with Crippen LogP contribution in [0.25, 0.3) is 0 Å². The van der Waals surface area contributed by atoms with Crippen molar-refractivity contribution >= 4 is 10.0 Å². The number of aliphatic hydroxyl groups excluding tert-OH is 1. The molecule has 0 saturated carbocycles. The molecular formula is C15H20N4O4S. The van der Waals surface area contributed by atoms with E-state index >= 15 is 0 Å². The maximum atomic E-state index is 12.2. The molecule has 1 aliphatic rings. The zero-order valence-corrected chi connectivity index (χ0v) is 13.7. The van der Waals surface area contributed by atoms with Crippen LogP contribution >= 0.6 is 0 Å². The van der Waals surface area contributed by atoms with Crippen molar-refractivity contribution in [3.05, 3.63) is 48.5 Å². The van der Waals surface area contributed by atoms with E-state index in [1.54, 1.807) is 30.6 Å². The van der Waals surface area contributed by atoms with Gasteiger partial charge in [-0.15, -0.1) is 0 Å². The van der Waals surface area contributed by atoms with Gasteiger partial charge in [-0.3, -0.25) is 0 Å². The van der Waals surface area contributed by atoms with Crippen LogP contribution in [0, 0.1) is 0 Å². The van der Waals surface area contributed by atoms with Crippen molar-refractivity contribution in [2.24, 2.45) is 0 Å². The molecule has 3 rings (SSSR count). The summed E-state index contributed by atoms with van der Waals surface area (Å²) in [5.41, 5.74) is 0. The van der Waals surface area contributed by atoms with E-state index < -0.39 is 22.2 Å². The molecule has 2 aromatic rings. The number of aromatic amines is 1. The number of rotatable bonds is 7. The standard InChI is InChI=1S/C15H20N4O4S/c20-15-12(18-9-14-16-6-7-17-14)10-23-13(15)8-19-24(21,22)11-4-2-1-3-5-11/h1-7,12-13,15,18-20H,8-10H2,(H,16,17)/t12-,13-,15+/m1/s1. The average Bonchev–Trinajstić information content (AvgIpc) is 3.22. The van der Waals surface area contributed by atoms with E-state index in [4.69, 9.17) is 4.74 Å². The first-order valence-electron chi connectivity index (χ1n) is 7.62. The smallest absolute Gasteiger partial charge is 0.240 e. The number of ether oxygens (including phenoxy) is 1. The molecule has 4 N–H and O–H groups in total. The highest BCUT2D eigenvalue weighted by molar-refractivity contribution is 7.89. The predicted octanol–water partition coefficient (Wildman–Crippen LogP) is -0.394. The highest BCUT2D eigenvalue weighted by Gasteiger charge is 2.36. The van der Waals surface area contributed by atoms with E-state index in [9.17, 15) is 13.5 Å². The number of H-pyrrole nitrogens is 1. The van der Waals surface area contributed by atoms with Crippen LogP contribution in [-0.4, -0.2) is 54.9 Å². The Balaban J connectivity index is 1.51. The van der Waals surface area contributed by atoms with Crippen LogP contribution in [0.15, 0.2) is 47.6 Å². The average molecular weight is 352 g/mol. The molecule has 8 nitrogen and oxygen atoms in total. The van der Waals surface area contributed by atoms with Gasteiger partial charge in [0.15, 0.2) is 0 Å². The minimum atomic E-state index is -3.61. The van der Waals surface area contributed by atoms with Crippen LogP contribution in [-0.2, 0) is 21.3 Å². The number of aliphatic hydroxyl groups is 1. The highest BCUT2D eigenvalue weighted by Crippen LogP contribution is 2.15. The molecule has 2 heterocycles. The summed E-state index contributed by atoms with van der Waals surface area (Å²) in [7, 11) is -3.61. The minimum Gasteiger partial charge on any atom is -0.389 e. The van der Waals surface area contributed by atoms with Crippen molar-refractivity contribution < 1.29 is 18.3 Å². The Labute approximate surface area is 140 Å². The first-order chi connectivity index (χ1) is 11.6. The van der Waals surface area contributed by atoms with E-state index in [1.165, 1.54) is 12.1 Å². The fourth-order valence-electron chi connectivity index (χ4n) is 2.54. The van der Waals surface area contributed by atoms with Gasteiger partial charge in [0.25, 0.3) is 0 Å². The normalized spacial score (nSPS) is 24.3. The molecule has 9 heteroatoms. The molecule has 0 bridgehead atoms. The van der Waals surface area contributed by atoms with Crippen molar-refractivity contribution in [1.29, 1.82) is 0 Å². The molecule has 1 fully saturated rings. The van der Waals surface area contributed by atoms with Crippen molar-refractivity contribution in [2.45, 2.75) is 29.7 Å². The van der Waals surface area contributed by atoms with Crippen LogP contribution in [0.5, 0.6) is 0 Å². The van der Waals surface area contributed by atoms with Crippen molar-refractivity contribution in [1.82, 2.24) is 20.0 Å². The van der Waals surface area contributed by atoms with Crippen LogP contribution in [0.4, 0.5) is 0 Å². The molecule has 1 saturated heterocycles. The quantitative estimate of drug-likeness (QED) is 0.539. The third-order valence-electron chi connectivity index (χ3n) is 3.90. The molecule has 0 radical (unpaired) electrons. The zero-order chi connectivity index (χ0) is 17.0. The van der Waals surface area contributed by atoms with E-state index in [1.807, 2.05) is 0 Å². The molecule has 1 aromatic carbocycles. The van der Waals surface area contributed by atoms with Crippen molar-refractivity contribution in [2.75, 3.05) is 13.2 Å². The van der Waals surface area contributed by atoms with Gasteiger partial charge in [-0.2, -0.15) is 0 Å². The van der Waals surface area contributed by atoms with E-state index in [-0.39, 0.29) is 17.5 Å². The predicted molar refractivity (Wildman–Crippen MR) is 86.6 cm³/mol. The van der Waals surface area contributed by atoms with Crippen LogP contribution in [0.1, 0.15) is 5.82 Å². The van der Waals surface area contributed by atoms with Crippen molar-refractivity contribution in [3.8, 4) is 0 Å². The van der Waals surface area contributed by atoms with Gasteiger partial charge in [-0.25, -0.2) is 18.1 Å². The molecular weight excluding hydrogens is 332 g/mol. The number of benzene rings is 1. The largest absolute Gasteiger partial charge is 0.389 e. The fraction of sp³-hybridized carbons (Fsp3) is 0.400. The Bertz CT molecular complexity index is 736. The second-order valence-corrected chi connectivity index (χ2v) is 7.32. The maximum Gasteiger partial charge on any atom is 0.240 e. The first kappa shape index (κ1) is 17.1. The van der Waals surface area contributed by atoms with Gasteiger partial charge in [0.05, 0.1) is 36.3 Å². The summed E-state index contributed by atoms with van der Waals surface area (Å²) >= 11 is 0. The SMILES string of the molecule is O=S(=O)(NC[C@H]1OC[C@@H](NCc2ncc[nH]2)[C@@H]1O)c1ccccc1. The zero-order valence-electron chi connectivity index (χ0n) is 12.9. The first-order valence-corrected chi connectivity index (χ1v) is 9.10. The Kier molecular flexibility index (Phi) is 5.27. The van der Waals surface area contributed by atoms with Crippen LogP contribution in [0.2, 0.25) is 0 Å². The molecule has 0 amide bonds. The van der Waals surface area contributed by atoms with E-state index in [0.29, 0.717) is 13.2 Å². The number of hydrogen-bond acceptors (Lipinski definition) is 6. The van der Waals surface area contributed by atoms with Gasteiger partial charge in [0.2, 0.25) is 10.0 Å². The summed E-state index contributed by atoms with van der Waals surface area (Å²) < 4.78 is 32.4. The number of nitrogens with zero attached hydrogens (tertiary/aromatic N) is 1. The summed E-state index contributed by atoms with van der Waals surface area (Å²) in [5.74, 6) is 0.760. The Morgan fingerprint density at radius 1 is 1.33 bits per heavy atom. The number of aromatic nitrogens is 2. The summed E-state index contributed by atoms with van der Waals surface area (Å²) in [5, 5.41) is 13.4. The van der Waals surface area contributed by atoms with Crippen LogP contribution < -0.4 is 10.0 Å². The van der Waals surface area contributed by atoms with Gasteiger partial charge >= 0.3 is 0 Å². The van der Waals surface area contributed by atoms with Crippen molar-refractivity contribution in [3.63, 3.8) is 0 Å². The molecule has 1 aromatic heterocycles. The molecule has 1 aliphatic heterocycles. The fourth-order valence-corrected chi connectivity index (χ4v) is 3.61. The van der Waals surface area contributed by atoms with Gasteiger partial charge in [0, 0.05) is 18.9 Å². The van der Waals surface area contributed by atoms with E-state index in [0.717, 1.165) is 5.82 Å². The third-order valence-corrected chi connectivity index (χ3v) is 5.34. The molecule has 0 spiro atoms. The minimum absolute atomic E-state index is 0.0112. The van der Waals surface area contributed by atoms with Gasteiger partial charge < -0.3 is 20.1 Å². The lowest BCUT2D eigenvalue weighted by Gasteiger charge is -2.18. The van der Waals surface area contributed by atoms with Gasteiger partial charge in [-0.05, 0) is 12.1 Å². The number of nitrogens with one attached hydrogen (secondary N) is 3. The maximum absolute atomic E-state index is 12.2. The number of imidazole rings is 1. The second-order valence-electron chi connectivity index (χ2n) is 5.55. The third kappa shape index (κ3) is 4.00. The summed E-state index contributed by atoms with van der Waals surface area (Å²) in [6.45, 7) is 0.789. The lowest BCUT2D eigenvalue weighted by molar-refractivity contribution is 0.0443. The second kappa shape index (κ2) is 7.41. The molecule has 0 unspecified atom stereocenters. The number of hydrogen-bond donors (Lipinski definition) is 4. The summed E-state index contributed by atoms with van der Waals surface area (Å²) in [6.07, 6.45) is 1.97. The summed E-state index contributed by atoms with van der Waals surface area (Å²) in [4.78, 5) is 7.24. The van der Waals surface area contributed by atoms with Crippen LogP contribution in [0.3, 0.4) is 0 Å². The van der Waals surface area contributed by atoms with Gasteiger partial charge in [0.1, 0.15) is 5.82 Å². The van der Waals surface area contributed by atoms with E-state index in [2.05, 4.69) is 20.0 Å². The lowest BCUT2D eigenvalue weighted by Crippen LogP contribution is -2.44. The molecule has 130 valence electrons. The Morgan fingerprint density at radius 2 is 2.12 bits per heavy atom. The lowest BCUT2D eigenvalue weighted by atomic mass is 10.1. The summed E-state index contributed by atoms with van der Waals surface area (Å²) in [6, 6.07) is 7.82. The monoisotopic (exact) mass is 352 g/mol. The highest BCUT2D eigenvalue weighted by atomic mass is 32.2. The topological polar surface area (TPSA) is 116 Å². The van der Waals surface area contributed by atoms with Gasteiger partial charge in [-0.1, -0.05) is 18.2 Å².